The zero-order valence-corrected chi connectivity index (χ0v) is 11.5. The van der Waals surface area contributed by atoms with Gasteiger partial charge >= 0.3 is 0 Å². The van der Waals surface area contributed by atoms with Gasteiger partial charge in [-0.25, -0.2) is 0 Å². The average molecular weight is 312 g/mol. The topological polar surface area (TPSA) is 37.4 Å². The van der Waals surface area contributed by atoms with Crippen LogP contribution >= 0.6 is 27.7 Å². The van der Waals surface area contributed by atoms with Crippen molar-refractivity contribution in [2.75, 3.05) is 6.54 Å². The second-order valence-electron chi connectivity index (χ2n) is 3.48. The first kappa shape index (κ1) is 12.4. The molecule has 1 heterocycles. The van der Waals surface area contributed by atoms with Gasteiger partial charge in [-0.1, -0.05) is 28.1 Å². The third-order valence-corrected chi connectivity index (χ3v) is 3.74. The molecule has 0 bridgehead atoms. The molecule has 0 saturated carbocycles. The third-order valence-electron chi connectivity index (χ3n) is 2.34. The summed E-state index contributed by atoms with van der Waals surface area (Å²) >= 11 is 4.36. The summed E-state index contributed by atoms with van der Waals surface area (Å²) in [6.07, 6.45) is 1.74. The molecule has 2 amide bonds. The molecule has 0 unspecified atom stereocenters. The number of hydrogen-bond donors (Lipinski definition) is 0. The lowest BCUT2D eigenvalue weighted by atomic mass is 10.2. The van der Waals surface area contributed by atoms with E-state index in [1.54, 1.807) is 13.0 Å². The monoisotopic (exact) mass is 311 g/mol. The van der Waals surface area contributed by atoms with E-state index in [4.69, 9.17) is 0 Å². The van der Waals surface area contributed by atoms with Gasteiger partial charge in [0.2, 0.25) is 0 Å². The number of carbonyl (C=O) groups is 2. The number of likely N-dealkylation sites (N-methyl/N-ethyl adjacent to an activating group) is 1. The molecule has 1 saturated heterocycles. The molecule has 1 aliphatic heterocycles. The standard InChI is InChI=1S/C12H10BrNO2S/c1-2-14-11(15)10(17-12(14)16)7-8-4-3-5-9(13)6-8/h3-7H,2H2,1H3/b10-7+. The zero-order valence-electron chi connectivity index (χ0n) is 9.14. The minimum absolute atomic E-state index is 0.196. The molecule has 0 aliphatic carbocycles. The lowest BCUT2D eigenvalue weighted by molar-refractivity contribution is -0.122. The molecule has 88 valence electrons. The van der Waals surface area contributed by atoms with Crippen LogP contribution in [0.2, 0.25) is 0 Å². The van der Waals surface area contributed by atoms with E-state index in [1.807, 2.05) is 24.3 Å². The van der Waals surface area contributed by atoms with E-state index >= 15 is 0 Å². The minimum Gasteiger partial charge on any atom is -0.269 e. The van der Waals surface area contributed by atoms with E-state index in [0.717, 1.165) is 21.8 Å². The first-order chi connectivity index (χ1) is 8.11. The van der Waals surface area contributed by atoms with Gasteiger partial charge in [-0.15, -0.1) is 0 Å². The zero-order chi connectivity index (χ0) is 12.4. The number of carbonyl (C=O) groups excluding carboxylic acids is 2. The molecule has 0 N–H and O–H groups in total. The maximum atomic E-state index is 11.8. The van der Waals surface area contributed by atoms with Crippen molar-refractivity contribution in [3.63, 3.8) is 0 Å². The Kier molecular flexibility index (Phi) is 3.69. The molecule has 1 aliphatic rings. The summed E-state index contributed by atoms with van der Waals surface area (Å²) in [7, 11) is 0. The lowest BCUT2D eigenvalue weighted by Gasteiger charge is -2.06. The van der Waals surface area contributed by atoms with E-state index in [0.29, 0.717) is 11.4 Å². The predicted octanol–water partition coefficient (Wildman–Crippen LogP) is 3.51. The van der Waals surface area contributed by atoms with Gasteiger partial charge in [0, 0.05) is 11.0 Å². The van der Waals surface area contributed by atoms with Gasteiger partial charge in [-0.05, 0) is 42.5 Å². The molecule has 1 aromatic rings. The van der Waals surface area contributed by atoms with Crippen LogP contribution in [0.5, 0.6) is 0 Å². The number of halogens is 1. The van der Waals surface area contributed by atoms with Gasteiger partial charge in [-0.2, -0.15) is 0 Å². The summed E-state index contributed by atoms with van der Waals surface area (Å²) in [6.45, 7) is 2.21. The summed E-state index contributed by atoms with van der Waals surface area (Å²) in [5.41, 5.74) is 0.904. The van der Waals surface area contributed by atoms with Gasteiger partial charge in [0.1, 0.15) is 0 Å². The molecule has 1 fully saturated rings. The predicted molar refractivity (Wildman–Crippen MR) is 72.5 cm³/mol. The number of imide groups is 1. The highest BCUT2D eigenvalue weighted by molar-refractivity contribution is 9.10. The van der Waals surface area contributed by atoms with Crippen molar-refractivity contribution < 1.29 is 9.59 Å². The highest BCUT2D eigenvalue weighted by Crippen LogP contribution is 2.32. The molecule has 0 spiro atoms. The molecule has 5 heteroatoms. The average Bonchev–Trinajstić information content (AvgIpc) is 2.54. The van der Waals surface area contributed by atoms with Crippen LogP contribution in [0.3, 0.4) is 0 Å². The van der Waals surface area contributed by atoms with Crippen molar-refractivity contribution in [3.8, 4) is 0 Å². The van der Waals surface area contributed by atoms with Crippen LogP contribution < -0.4 is 0 Å². The number of thioether (sulfide) groups is 1. The fourth-order valence-corrected chi connectivity index (χ4v) is 2.84. The van der Waals surface area contributed by atoms with Crippen molar-refractivity contribution in [2.45, 2.75) is 6.92 Å². The van der Waals surface area contributed by atoms with Gasteiger partial charge in [-0.3, -0.25) is 14.5 Å². The maximum Gasteiger partial charge on any atom is 0.293 e. The van der Waals surface area contributed by atoms with Crippen LogP contribution in [-0.4, -0.2) is 22.6 Å². The summed E-state index contributed by atoms with van der Waals surface area (Å²) in [6, 6.07) is 7.60. The van der Waals surface area contributed by atoms with Crippen LogP contribution in [0.4, 0.5) is 4.79 Å². The Bertz CT molecular complexity index is 513. The van der Waals surface area contributed by atoms with Gasteiger partial charge < -0.3 is 0 Å². The molecule has 1 aromatic carbocycles. The van der Waals surface area contributed by atoms with E-state index in [2.05, 4.69) is 15.9 Å². The molecule has 0 atom stereocenters. The van der Waals surface area contributed by atoms with Crippen molar-refractivity contribution in [3.05, 3.63) is 39.2 Å². The van der Waals surface area contributed by atoms with E-state index in [1.165, 1.54) is 4.90 Å². The number of benzene rings is 1. The summed E-state index contributed by atoms with van der Waals surface area (Å²) in [5.74, 6) is -0.206. The fraction of sp³-hybridized carbons (Fsp3) is 0.167. The lowest BCUT2D eigenvalue weighted by Crippen LogP contribution is -2.27. The molecule has 0 radical (unpaired) electrons. The Morgan fingerprint density at radius 3 is 2.76 bits per heavy atom. The quantitative estimate of drug-likeness (QED) is 0.784. The maximum absolute atomic E-state index is 11.8. The molecule has 0 aromatic heterocycles. The third kappa shape index (κ3) is 2.61. The number of hydrogen-bond acceptors (Lipinski definition) is 3. The molecule has 3 nitrogen and oxygen atoms in total. The van der Waals surface area contributed by atoms with E-state index < -0.39 is 0 Å². The highest BCUT2D eigenvalue weighted by atomic mass is 79.9. The summed E-state index contributed by atoms with van der Waals surface area (Å²) < 4.78 is 0.945. The highest BCUT2D eigenvalue weighted by Gasteiger charge is 2.33. The van der Waals surface area contributed by atoms with E-state index in [9.17, 15) is 9.59 Å². The van der Waals surface area contributed by atoms with Crippen molar-refractivity contribution in [1.29, 1.82) is 0 Å². The van der Waals surface area contributed by atoms with Crippen LogP contribution in [0.15, 0.2) is 33.6 Å². The second-order valence-corrected chi connectivity index (χ2v) is 5.39. The van der Waals surface area contributed by atoms with Gasteiger partial charge in [0.25, 0.3) is 11.1 Å². The minimum atomic E-state index is -0.206. The summed E-state index contributed by atoms with van der Waals surface area (Å²) in [5, 5.41) is -0.196. The van der Waals surface area contributed by atoms with Crippen LogP contribution in [0, 0.1) is 0 Å². The number of rotatable bonds is 2. The Balaban J connectivity index is 2.30. The van der Waals surface area contributed by atoms with Crippen LogP contribution in [0.1, 0.15) is 12.5 Å². The molecule has 17 heavy (non-hydrogen) atoms. The first-order valence-corrected chi connectivity index (χ1v) is 6.73. The smallest absolute Gasteiger partial charge is 0.269 e. The first-order valence-electron chi connectivity index (χ1n) is 5.12. The molecular formula is C12H10BrNO2S. The Morgan fingerprint density at radius 2 is 2.18 bits per heavy atom. The molecular weight excluding hydrogens is 302 g/mol. The van der Waals surface area contributed by atoms with Gasteiger partial charge in [0.15, 0.2) is 0 Å². The Labute approximate surface area is 112 Å². The van der Waals surface area contributed by atoms with Crippen molar-refractivity contribution >= 4 is 44.9 Å². The Morgan fingerprint density at radius 1 is 1.41 bits per heavy atom. The van der Waals surface area contributed by atoms with Crippen LogP contribution in [-0.2, 0) is 4.79 Å². The van der Waals surface area contributed by atoms with Crippen molar-refractivity contribution in [2.24, 2.45) is 0 Å². The van der Waals surface area contributed by atoms with E-state index in [-0.39, 0.29) is 11.1 Å². The van der Waals surface area contributed by atoms with Crippen molar-refractivity contribution in [1.82, 2.24) is 4.90 Å². The van der Waals surface area contributed by atoms with Crippen LogP contribution in [0.25, 0.3) is 6.08 Å². The van der Waals surface area contributed by atoms with Gasteiger partial charge in [0.05, 0.1) is 4.91 Å². The fourth-order valence-electron chi connectivity index (χ4n) is 1.52. The normalized spacial score (nSPS) is 18.2. The number of amides is 2. The second kappa shape index (κ2) is 5.06. The largest absolute Gasteiger partial charge is 0.293 e. The number of nitrogens with zero attached hydrogens (tertiary/aromatic N) is 1. The SMILES string of the molecule is CCN1C(=O)S/C(=C/c2cccc(Br)c2)C1=O. The molecule has 2 rings (SSSR count). The Hall–Kier alpha value is -1.07. The summed E-state index contributed by atoms with van der Waals surface area (Å²) in [4.78, 5) is 25.1.